The predicted octanol–water partition coefficient (Wildman–Crippen LogP) is 2.61. The van der Waals surface area contributed by atoms with Gasteiger partial charge < -0.3 is 10.5 Å². The van der Waals surface area contributed by atoms with Crippen LogP contribution in [0.2, 0.25) is 0 Å². The van der Waals surface area contributed by atoms with Crippen LogP contribution >= 0.6 is 0 Å². The number of ether oxygens (including phenoxy) is 1. The molecular weight excluding hydrogens is 210 g/mol. The van der Waals surface area contributed by atoms with Crippen molar-refractivity contribution in [1.82, 2.24) is 0 Å². The Morgan fingerprint density at radius 3 is 2.41 bits per heavy atom. The first-order chi connectivity index (χ1) is 8.38. The standard InChI is InChI=1S/C15H17NO/c16-9-10-17-15-8-4-7-14(12-15)11-13-5-2-1-3-6-13/h1-8,12H,9-11,16H2. The molecule has 2 aromatic rings. The second-order valence-corrected chi connectivity index (χ2v) is 3.95. The lowest BCUT2D eigenvalue weighted by Gasteiger charge is -2.07. The van der Waals surface area contributed by atoms with E-state index < -0.39 is 0 Å². The van der Waals surface area contributed by atoms with Gasteiger partial charge in [-0.25, -0.2) is 0 Å². The summed E-state index contributed by atoms with van der Waals surface area (Å²) in [4.78, 5) is 0. The molecule has 0 atom stereocenters. The van der Waals surface area contributed by atoms with E-state index in [0.29, 0.717) is 13.2 Å². The highest BCUT2D eigenvalue weighted by atomic mass is 16.5. The Labute approximate surface area is 102 Å². The minimum Gasteiger partial charge on any atom is -0.492 e. The maximum atomic E-state index is 5.51. The molecule has 17 heavy (non-hydrogen) atoms. The molecule has 2 N–H and O–H groups in total. The second-order valence-electron chi connectivity index (χ2n) is 3.95. The van der Waals surface area contributed by atoms with Crippen LogP contribution in [0.5, 0.6) is 5.75 Å². The third-order valence-electron chi connectivity index (χ3n) is 2.54. The first kappa shape index (κ1) is 11.7. The molecule has 0 heterocycles. The van der Waals surface area contributed by atoms with Crippen LogP contribution in [0.1, 0.15) is 11.1 Å². The second kappa shape index (κ2) is 6.06. The zero-order valence-electron chi connectivity index (χ0n) is 9.80. The fourth-order valence-electron chi connectivity index (χ4n) is 1.75. The molecule has 0 amide bonds. The summed E-state index contributed by atoms with van der Waals surface area (Å²) in [6.07, 6.45) is 0.931. The highest BCUT2D eigenvalue weighted by molar-refractivity contribution is 5.32. The van der Waals surface area contributed by atoms with Gasteiger partial charge in [-0.2, -0.15) is 0 Å². The molecule has 0 radical (unpaired) electrons. The van der Waals surface area contributed by atoms with E-state index in [-0.39, 0.29) is 0 Å². The van der Waals surface area contributed by atoms with Gasteiger partial charge in [0, 0.05) is 6.54 Å². The van der Waals surface area contributed by atoms with Crippen molar-refractivity contribution in [3.05, 3.63) is 65.7 Å². The Kier molecular flexibility index (Phi) is 4.17. The highest BCUT2D eigenvalue weighted by Crippen LogP contribution is 2.16. The Balaban J connectivity index is 2.06. The summed E-state index contributed by atoms with van der Waals surface area (Å²) in [6.45, 7) is 1.11. The zero-order chi connectivity index (χ0) is 11.9. The lowest BCUT2D eigenvalue weighted by molar-refractivity contribution is 0.328. The third-order valence-corrected chi connectivity index (χ3v) is 2.54. The Bertz CT molecular complexity index is 453. The molecule has 0 aliphatic rings. The smallest absolute Gasteiger partial charge is 0.119 e. The molecular formula is C15H17NO. The van der Waals surface area contributed by atoms with Gasteiger partial charge in [0.05, 0.1) is 0 Å². The quantitative estimate of drug-likeness (QED) is 0.852. The predicted molar refractivity (Wildman–Crippen MR) is 70.2 cm³/mol. The average Bonchev–Trinajstić information content (AvgIpc) is 2.38. The van der Waals surface area contributed by atoms with E-state index in [9.17, 15) is 0 Å². The van der Waals surface area contributed by atoms with Crippen molar-refractivity contribution < 1.29 is 4.74 Å². The minimum absolute atomic E-state index is 0.545. The maximum absolute atomic E-state index is 5.51. The van der Waals surface area contributed by atoms with Crippen molar-refractivity contribution in [2.24, 2.45) is 5.73 Å². The summed E-state index contributed by atoms with van der Waals surface area (Å²) in [6, 6.07) is 18.6. The van der Waals surface area contributed by atoms with E-state index in [2.05, 4.69) is 36.4 Å². The van der Waals surface area contributed by atoms with E-state index in [1.807, 2.05) is 18.2 Å². The van der Waals surface area contributed by atoms with Gasteiger partial charge >= 0.3 is 0 Å². The SMILES string of the molecule is NCCOc1cccc(Cc2ccccc2)c1. The van der Waals surface area contributed by atoms with E-state index in [1.54, 1.807) is 0 Å². The van der Waals surface area contributed by atoms with Crippen LogP contribution in [0.15, 0.2) is 54.6 Å². The normalized spacial score (nSPS) is 10.2. The van der Waals surface area contributed by atoms with Gasteiger partial charge in [-0.15, -0.1) is 0 Å². The molecule has 0 spiro atoms. The van der Waals surface area contributed by atoms with Gasteiger partial charge in [0.25, 0.3) is 0 Å². The molecule has 0 bridgehead atoms. The molecule has 0 aliphatic carbocycles. The molecule has 0 saturated heterocycles. The fourth-order valence-corrected chi connectivity index (χ4v) is 1.75. The van der Waals surface area contributed by atoms with Crippen LogP contribution in [-0.4, -0.2) is 13.2 Å². The van der Waals surface area contributed by atoms with Crippen molar-refractivity contribution in [2.75, 3.05) is 13.2 Å². The lowest BCUT2D eigenvalue weighted by Crippen LogP contribution is -2.10. The molecule has 2 nitrogen and oxygen atoms in total. The summed E-state index contributed by atoms with van der Waals surface area (Å²) >= 11 is 0. The summed E-state index contributed by atoms with van der Waals surface area (Å²) in [5.41, 5.74) is 7.98. The van der Waals surface area contributed by atoms with Crippen LogP contribution in [0.25, 0.3) is 0 Å². The van der Waals surface area contributed by atoms with Gasteiger partial charge in [-0.05, 0) is 29.7 Å². The summed E-state index contributed by atoms with van der Waals surface area (Å²) in [7, 11) is 0. The Hall–Kier alpha value is -1.80. The highest BCUT2D eigenvalue weighted by Gasteiger charge is 1.98. The molecule has 0 aromatic heterocycles. The molecule has 2 rings (SSSR count). The van der Waals surface area contributed by atoms with Crippen molar-refractivity contribution in [3.8, 4) is 5.75 Å². The molecule has 88 valence electrons. The molecule has 2 aromatic carbocycles. The average molecular weight is 227 g/mol. The van der Waals surface area contributed by atoms with E-state index in [0.717, 1.165) is 12.2 Å². The van der Waals surface area contributed by atoms with Gasteiger partial charge in [0.2, 0.25) is 0 Å². The maximum Gasteiger partial charge on any atom is 0.119 e. The minimum atomic E-state index is 0.545. The first-order valence-corrected chi connectivity index (χ1v) is 5.84. The van der Waals surface area contributed by atoms with Crippen molar-refractivity contribution in [3.63, 3.8) is 0 Å². The van der Waals surface area contributed by atoms with Crippen molar-refractivity contribution >= 4 is 0 Å². The van der Waals surface area contributed by atoms with Gasteiger partial charge in [-0.3, -0.25) is 0 Å². The third kappa shape index (κ3) is 3.61. The molecule has 0 unspecified atom stereocenters. The lowest BCUT2D eigenvalue weighted by atomic mass is 10.1. The van der Waals surface area contributed by atoms with Crippen LogP contribution in [-0.2, 0) is 6.42 Å². The van der Waals surface area contributed by atoms with Crippen LogP contribution in [0, 0.1) is 0 Å². The summed E-state index contributed by atoms with van der Waals surface area (Å²) < 4.78 is 5.51. The van der Waals surface area contributed by atoms with Crippen molar-refractivity contribution in [2.45, 2.75) is 6.42 Å². The number of benzene rings is 2. The first-order valence-electron chi connectivity index (χ1n) is 5.84. The number of hydrogen-bond donors (Lipinski definition) is 1. The van der Waals surface area contributed by atoms with Crippen LogP contribution in [0.4, 0.5) is 0 Å². The Morgan fingerprint density at radius 1 is 0.882 bits per heavy atom. The van der Waals surface area contributed by atoms with Gasteiger partial charge in [0.1, 0.15) is 12.4 Å². The molecule has 2 heteroatoms. The molecule has 0 aliphatic heterocycles. The molecule has 0 saturated carbocycles. The monoisotopic (exact) mass is 227 g/mol. The number of nitrogens with two attached hydrogens (primary N) is 1. The van der Waals surface area contributed by atoms with E-state index in [1.165, 1.54) is 11.1 Å². The van der Waals surface area contributed by atoms with Gasteiger partial charge in [-0.1, -0.05) is 42.5 Å². The van der Waals surface area contributed by atoms with Crippen LogP contribution in [0.3, 0.4) is 0 Å². The molecule has 0 fully saturated rings. The van der Waals surface area contributed by atoms with E-state index in [4.69, 9.17) is 10.5 Å². The van der Waals surface area contributed by atoms with Crippen molar-refractivity contribution in [1.29, 1.82) is 0 Å². The number of hydrogen-bond acceptors (Lipinski definition) is 2. The number of rotatable bonds is 5. The van der Waals surface area contributed by atoms with E-state index >= 15 is 0 Å². The fraction of sp³-hybridized carbons (Fsp3) is 0.200. The van der Waals surface area contributed by atoms with Gasteiger partial charge in [0.15, 0.2) is 0 Å². The largest absolute Gasteiger partial charge is 0.492 e. The Morgan fingerprint density at radius 2 is 1.65 bits per heavy atom. The van der Waals surface area contributed by atoms with Crippen LogP contribution < -0.4 is 10.5 Å². The summed E-state index contributed by atoms with van der Waals surface area (Å²) in [5, 5.41) is 0. The zero-order valence-corrected chi connectivity index (χ0v) is 9.80. The summed E-state index contributed by atoms with van der Waals surface area (Å²) in [5.74, 6) is 0.892. The topological polar surface area (TPSA) is 35.2 Å².